The van der Waals surface area contributed by atoms with Crippen molar-refractivity contribution in [2.45, 2.75) is 45.3 Å². The molecule has 1 fully saturated rings. The van der Waals surface area contributed by atoms with E-state index in [1.165, 1.54) is 0 Å². The van der Waals surface area contributed by atoms with Gasteiger partial charge in [-0.15, -0.1) is 0 Å². The Hall–Kier alpha value is -1.92. The largest absolute Gasteiger partial charge is 0.444 e. The number of ether oxygens (including phenoxy) is 1. The second-order valence-electron chi connectivity index (χ2n) is 6.53. The summed E-state index contributed by atoms with van der Waals surface area (Å²) in [5.41, 5.74) is -0.514. The van der Waals surface area contributed by atoms with Gasteiger partial charge in [0.1, 0.15) is 5.60 Å². The van der Waals surface area contributed by atoms with E-state index in [-0.39, 0.29) is 12.1 Å². The van der Waals surface area contributed by atoms with E-state index in [0.717, 1.165) is 31.8 Å². The van der Waals surface area contributed by atoms with Crippen LogP contribution in [-0.4, -0.2) is 52.7 Å². The molecule has 0 N–H and O–H groups in total. The molecule has 2 rings (SSSR count). The Kier molecular flexibility index (Phi) is 4.83. The minimum absolute atomic E-state index is 0.0252. The molecule has 1 aliphatic rings. The number of amides is 1. The van der Waals surface area contributed by atoms with Crippen LogP contribution < -0.4 is 4.90 Å². The number of carbonyl (C=O) groups is 1. The molecule has 1 saturated heterocycles. The van der Waals surface area contributed by atoms with E-state index < -0.39 is 11.4 Å². The molecule has 1 aromatic heterocycles. The Bertz CT molecular complexity index is 515. The third kappa shape index (κ3) is 4.29. The fourth-order valence-corrected chi connectivity index (χ4v) is 2.40. The lowest BCUT2D eigenvalue weighted by molar-refractivity contribution is 0.0209. The molecule has 2 heterocycles. The lowest BCUT2D eigenvalue weighted by atomic mass is 10.1. The van der Waals surface area contributed by atoms with E-state index in [2.05, 4.69) is 9.97 Å². The molecule has 0 unspecified atom stereocenters. The number of likely N-dealkylation sites (N-methyl/N-ethyl adjacent to an activating group) is 1. The molecule has 1 amide bonds. The maximum atomic E-state index is 12.9. The van der Waals surface area contributed by atoms with Crippen LogP contribution in [0.2, 0.25) is 0 Å². The summed E-state index contributed by atoms with van der Waals surface area (Å²) in [6.45, 7) is 6.94. The van der Waals surface area contributed by atoms with Crippen molar-refractivity contribution in [1.29, 1.82) is 0 Å². The van der Waals surface area contributed by atoms with E-state index in [4.69, 9.17) is 4.74 Å². The summed E-state index contributed by atoms with van der Waals surface area (Å²) in [5, 5.41) is 0. The first-order chi connectivity index (χ1) is 10.3. The van der Waals surface area contributed by atoms with Crippen LogP contribution >= 0.6 is 0 Å². The first kappa shape index (κ1) is 16.5. The second kappa shape index (κ2) is 6.46. The van der Waals surface area contributed by atoms with Crippen molar-refractivity contribution in [3.05, 3.63) is 18.2 Å². The third-order valence-corrected chi connectivity index (χ3v) is 3.52. The topological polar surface area (TPSA) is 58.6 Å². The fourth-order valence-electron chi connectivity index (χ4n) is 2.40. The first-order valence-electron chi connectivity index (χ1n) is 7.44. The number of carbonyl (C=O) groups excluding carboxylic acids is 1. The summed E-state index contributed by atoms with van der Waals surface area (Å²) in [4.78, 5) is 23.8. The zero-order valence-corrected chi connectivity index (χ0v) is 13.5. The van der Waals surface area contributed by atoms with Gasteiger partial charge >= 0.3 is 6.09 Å². The van der Waals surface area contributed by atoms with Crippen molar-refractivity contribution < 1.29 is 13.9 Å². The van der Waals surface area contributed by atoms with Gasteiger partial charge in [0.25, 0.3) is 0 Å². The van der Waals surface area contributed by atoms with Gasteiger partial charge in [0.05, 0.1) is 18.4 Å². The zero-order valence-electron chi connectivity index (χ0n) is 13.5. The summed E-state index contributed by atoms with van der Waals surface area (Å²) in [6, 6.07) is 0.0252. The Balaban J connectivity index is 2.00. The van der Waals surface area contributed by atoms with Gasteiger partial charge in [-0.05, 0) is 33.6 Å². The normalized spacial score (nSPS) is 19.0. The number of anilines is 1. The first-order valence-corrected chi connectivity index (χ1v) is 7.44. The van der Waals surface area contributed by atoms with E-state index >= 15 is 0 Å². The van der Waals surface area contributed by atoms with Gasteiger partial charge in [-0.25, -0.2) is 19.2 Å². The highest BCUT2D eigenvalue weighted by Gasteiger charge is 2.29. The quantitative estimate of drug-likeness (QED) is 0.840. The highest BCUT2D eigenvalue weighted by molar-refractivity contribution is 5.68. The molecule has 0 radical (unpaired) electrons. The number of halogens is 1. The Morgan fingerprint density at radius 2 is 2.05 bits per heavy atom. The minimum atomic E-state index is -0.514. The molecule has 122 valence electrons. The molecule has 7 heteroatoms. The summed E-state index contributed by atoms with van der Waals surface area (Å²) in [5.74, 6) is 0.0341. The van der Waals surface area contributed by atoms with Crippen LogP contribution in [-0.2, 0) is 4.74 Å². The van der Waals surface area contributed by atoms with Gasteiger partial charge in [-0.1, -0.05) is 0 Å². The number of rotatable bonds is 2. The van der Waals surface area contributed by atoms with Crippen LogP contribution in [0.15, 0.2) is 12.4 Å². The molecule has 1 aliphatic heterocycles. The van der Waals surface area contributed by atoms with E-state index in [1.807, 2.05) is 25.7 Å². The summed E-state index contributed by atoms with van der Waals surface area (Å²) < 4.78 is 18.3. The van der Waals surface area contributed by atoms with Crippen molar-refractivity contribution in [3.63, 3.8) is 0 Å². The highest BCUT2D eigenvalue weighted by Crippen LogP contribution is 2.20. The van der Waals surface area contributed by atoms with Gasteiger partial charge in [-0.2, -0.15) is 0 Å². The molecule has 0 aromatic carbocycles. The van der Waals surface area contributed by atoms with Gasteiger partial charge in [0.15, 0.2) is 5.82 Å². The zero-order chi connectivity index (χ0) is 16.3. The van der Waals surface area contributed by atoms with Gasteiger partial charge in [0, 0.05) is 20.1 Å². The van der Waals surface area contributed by atoms with Crippen LogP contribution in [0.25, 0.3) is 0 Å². The summed E-state index contributed by atoms with van der Waals surface area (Å²) in [7, 11) is 1.74. The maximum Gasteiger partial charge on any atom is 0.410 e. The molecule has 6 nitrogen and oxygen atoms in total. The number of piperidine rings is 1. The van der Waals surface area contributed by atoms with Gasteiger partial charge < -0.3 is 14.5 Å². The predicted molar refractivity (Wildman–Crippen MR) is 81.2 cm³/mol. The van der Waals surface area contributed by atoms with E-state index in [1.54, 1.807) is 11.9 Å². The van der Waals surface area contributed by atoms with Crippen LogP contribution in [0, 0.1) is 5.82 Å². The number of hydrogen-bond donors (Lipinski definition) is 0. The minimum Gasteiger partial charge on any atom is -0.444 e. The lowest BCUT2D eigenvalue weighted by Crippen LogP contribution is -2.50. The lowest BCUT2D eigenvalue weighted by Gasteiger charge is -2.38. The van der Waals surface area contributed by atoms with Crippen LogP contribution in [0.5, 0.6) is 0 Å². The predicted octanol–water partition coefficient (Wildman–Crippen LogP) is 2.45. The highest BCUT2D eigenvalue weighted by atomic mass is 19.1. The van der Waals surface area contributed by atoms with Crippen molar-refractivity contribution in [3.8, 4) is 0 Å². The summed E-state index contributed by atoms with van der Waals surface area (Å²) >= 11 is 0. The standard InChI is InChI=1S/C15H23FN4O2/c1-15(2,3)22-14(21)19(4)12-6-5-7-20(10-12)13-17-8-11(16)9-18-13/h8-9,12H,5-7,10H2,1-4H3/t12-/m1/s1. The molecular formula is C15H23FN4O2. The molecule has 1 atom stereocenters. The molecule has 22 heavy (non-hydrogen) atoms. The average Bonchev–Trinajstić information content (AvgIpc) is 2.45. The molecule has 0 spiro atoms. The van der Waals surface area contributed by atoms with E-state index in [0.29, 0.717) is 12.5 Å². The molecule has 0 aliphatic carbocycles. The van der Waals surface area contributed by atoms with Crippen molar-refractivity contribution in [2.24, 2.45) is 0 Å². The Labute approximate surface area is 130 Å². The third-order valence-electron chi connectivity index (χ3n) is 3.52. The molecular weight excluding hydrogens is 287 g/mol. The molecule has 0 saturated carbocycles. The Morgan fingerprint density at radius 3 is 2.64 bits per heavy atom. The molecule has 0 bridgehead atoms. The van der Waals surface area contributed by atoms with Crippen LogP contribution in [0.3, 0.4) is 0 Å². The van der Waals surface area contributed by atoms with Gasteiger partial charge in [-0.3, -0.25) is 0 Å². The molecule has 1 aromatic rings. The SMILES string of the molecule is CN(C(=O)OC(C)(C)C)[C@@H]1CCCN(c2ncc(F)cn2)C1. The smallest absolute Gasteiger partial charge is 0.410 e. The Morgan fingerprint density at radius 1 is 1.41 bits per heavy atom. The van der Waals surface area contributed by atoms with Crippen LogP contribution in [0.4, 0.5) is 15.1 Å². The maximum absolute atomic E-state index is 12.9. The van der Waals surface area contributed by atoms with Crippen LogP contribution in [0.1, 0.15) is 33.6 Å². The van der Waals surface area contributed by atoms with Crippen molar-refractivity contribution in [2.75, 3.05) is 25.0 Å². The number of nitrogens with zero attached hydrogens (tertiary/aromatic N) is 4. The average molecular weight is 310 g/mol. The fraction of sp³-hybridized carbons (Fsp3) is 0.667. The van der Waals surface area contributed by atoms with Gasteiger partial charge in [0.2, 0.25) is 5.95 Å². The second-order valence-corrected chi connectivity index (χ2v) is 6.53. The number of aromatic nitrogens is 2. The van der Waals surface area contributed by atoms with Crippen molar-refractivity contribution in [1.82, 2.24) is 14.9 Å². The monoisotopic (exact) mass is 310 g/mol. The summed E-state index contributed by atoms with van der Waals surface area (Å²) in [6.07, 6.45) is 3.79. The number of hydrogen-bond acceptors (Lipinski definition) is 5. The van der Waals surface area contributed by atoms with E-state index in [9.17, 15) is 9.18 Å². The van der Waals surface area contributed by atoms with Crippen molar-refractivity contribution >= 4 is 12.0 Å².